The summed E-state index contributed by atoms with van der Waals surface area (Å²) in [6, 6.07) is 21.5. The Morgan fingerprint density at radius 3 is 2.58 bits per heavy atom. The number of benzene rings is 2. The second kappa shape index (κ2) is 6.96. The molecule has 0 radical (unpaired) electrons. The van der Waals surface area contributed by atoms with Gasteiger partial charge in [0.1, 0.15) is 0 Å². The van der Waals surface area contributed by atoms with Crippen LogP contribution in [0.1, 0.15) is 28.4 Å². The van der Waals surface area contributed by atoms with Crippen molar-refractivity contribution in [1.29, 1.82) is 0 Å². The number of hydrogen-bond donors (Lipinski definition) is 1. The van der Waals surface area contributed by atoms with Crippen molar-refractivity contribution in [3.05, 3.63) is 89.2 Å². The highest BCUT2D eigenvalue weighted by Gasteiger charge is 2.30. The molecule has 4 rings (SSSR count). The second-order valence-electron chi connectivity index (χ2n) is 6.88. The molecule has 1 aromatic heterocycles. The molecule has 0 aliphatic carbocycles. The van der Waals surface area contributed by atoms with Gasteiger partial charge in [-0.3, -0.25) is 0 Å². The number of nitrogens with one attached hydrogen (secondary N) is 1. The molecule has 132 valence electrons. The van der Waals surface area contributed by atoms with E-state index in [1.54, 1.807) is 0 Å². The Morgan fingerprint density at radius 2 is 1.81 bits per heavy atom. The van der Waals surface area contributed by atoms with Gasteiger partial charge in [-0.1, -0.05) is 48.0 Å². The number of thiocarbonyl (C=S) groups is 1. The first-order chi connectivity index (χ1) is 12.6. The molecule has 0 saturated carbocycles. The molecule has 0 saturated heterocycles. The number of aryl methyl sites for hydroxylation is 2. The van der Waals surface area contributed by atoms with E-state index in [0.717, 1.165) is 23.9 Å². The summed E-state index contributed by atoms with van der Waals surface area (Å²) in [4.78, 5) is 2.30. The number of rotatable bonds is 2. The lowest BCUT2D eigenvalue weighted by Gasteiger charge is -2.39. The van der Waals surface area contributed by atoms with Crippen LogP contribution in [0.5, 0.6) is 0 Å². The molecular weight excluding hydrogens is 338 g/mol. The third-order valence-electron chi connectivity index (χ3n) is 5.04. The third-order valence-corrected chi connectivity index (χ3v) is 5.37. The number of fused-ring (bicyclic) bond motifs is 1. The van der Waals surface area contributed by atoms with E-state index in [-0.39, 0.29) is 6.04 Å². The van der Waals surface area contributed by atoms with Crippen molar-refractivity contribution in [3.8, 4) is 0 Å². The van der Waals surface area contributed by atoms with Crippen LogP contribution in [0, 0.1) is 13.8 Å². The summed E-state index contributed by atoms with van der Waals surface area (Å²) in [7, 11) is 0. The third kappa shape index (κ3) is 3.13. The number of nitrogens with zero attached hydrogens (tertiary/aromatic N) is 2. The minimum Gasteiger partial charge on any atom is -0.348 e. The summed E-state index contributed by atoms with van der Waals surface area (Å²) in [5, 5.41) is 4.25. The van der Waals surface area contributed by atoms with Gasteiger partial charge in [0, 0.05) is 30.7 Å². The Kier molecular flexibility index (Phi) is 4.51. The van der Waals surface area contributed by atoms with Gasteiger partial charge in [0.25, 0.3) is 0 Å². The topological polar surface area (TPSA) is 20.2 Å². The molecule has 1 aliphatic heterocycles. The van der Waals surface area contributed by atoms with Crippen LogP contribution < -0.4 is 5.32 Å². The van der Waals surface area contributed by atoms with Crippen molar-refractivity contribution in [2.45, 2.75) is 26.4 Å². The predicted octanol–water partition coefficient (Wildman–Crippen LogP) is 4.91. The van der Waals surface area contributed by atoms with E-state index in [0.29, 0.717) is 0 Å². The quantitative estimate of drug-likeness (QED) is 0.655. The molecule has 1 atom stereocenters. The molecule has 3 aromatic rings. The van der Waals surface area contributed by atoms with Gasteiger partial charge in [0.05, 0.1) is 6.04 Å². The van der Waals surface area contributed by atoms with Crippen LogP contribution in [0.3, 0.4) is 0 Å². The second-order valence-corrected chi connectivity index (χ2v) is 7.27. The number of hydrogen-bond acceptors (Lipinski definition) is 1. The predicted molar refractivity (Wildman–Crippen MR) is 112 cm³/mol. The van der Waals surface area contributed by atoms with Crippen molar-refractivity contribution < 1.29 is 0 Å². The maximum absolute atomic E-state index is 5.83. The van der Waals surface area contributed by atoms with E-state index in [4.69, 9.17) is 12.2 Å². The van der Waals surface area contributed by atoms with Crippen LogP contribution >= 0.6 is 12.2 Å². The summed E-state index contributed by atoms with van der Waals surface area (Å²) in [6.45, 7) is 6.06. The molecule has 0 fully saturated rings. The first-order valence-corrected chi connectivity index (χ1v) is 9.39. The fourth-order valence-electron chi connectivity index (χ4n) is 3.73. The molecule has 0 unspecified atom stereocenters. The molecule has 0 bridgehead atoms. The fourth-order valence-corrected chi connectivity index (χ4v) is 4.04. The molecule has 26 heavy (non-hydrogen) atoms. The van der Waals surface area contributed by atoms with Gasteiger partial charge in [-0.15, -0.1) is 0 Å². The van der Waals surface area contributed by atoms with E-state index >= 15 is 0 Å². The first-order valence-electron chi connectivity index (χ1n) is 8.98. The Bertz CT molecular complexity index is 930. The average Bonchev–Trinajstić information content (AvgIpc) is 3.12. The summed E-state index contributed by atoms with van der Waals surface area (Å²) < 4.78 is 2.33. The van der Waals surface area contributed by atoms with E-state index < -0.39 is 0 Å². The average molecular weight is 362 g/mol. The Morgan fingerprint density at radius 1 is 1.00 bits per heavy atom. The largest absolute Gasteiger partial charge is 0.348 e. The van der Waals surface area contributed by atoms with Gasteiger partial charge < -0.3 is 14.8 Å². The lowest BCUT2D eigenvalue weighted by atomic mass is 10.0. The molecule has 1 N–H and O–H groups in total. The van der Waals surface area contributed by atoms with Gasteiger partial charge in [-0.25, -0.2) is 0 Å². The monoisotopic (exact) mass is 361 g/mol. The lowest BCUT2D eigenvalue weighted by molar-refractivity contribution is 0.293. The Hall–Kier alpha value is -2.59. The van der Waals surface area contributed by atoms with Crippen LogP contribution in [0.2, 0.25) is 0 Å². The SMILES string of the molecule is Cc1ccc(NC(=S)N2CCn3cccc3[C@@H]2c2ccccc2)c(C)c1. The Labute approximate surface area is 160 Å². The molecular formula is C22H23N3S. The standard InChI is InChI=1S/C22H23N3S/c1-16-10-11-19(17(2)15-16)23-22(26)25-14-13-24-12-6-9-20(24)21(25)18-7-4-3-5-8-18/h3-12,15,21H,13-14H2,1-2H3,(H,23,26)/t21-/m0/s1. The molecule has 1 aliphatic rings. The number of anilines is 1. The maximum atomic E-state index is 5.83. The van der Waals surface area contributed by atoms with Crippen molar-refractivity contribution in [1.82, 2.24) is 9.47 Å². The molecule has 4 heteroatoms. The first kappa shape index (κ1) is 16.9. The molecule has 3 nitrogen and oxygen atoms in total. The van der Waals surface area contributed by atoms with E-state index in [1.807, 2.05) is 0 Å². The van der Waals surface area contributed by atoms with Crippen LogP contribution in [0.4, 0.5) is 5.69 Å². The number of aromatic nitrogens is 1. The van der Waals surface area contributed by atoms with Gasteiger partial charge in [0.15, 0.2) is 5.11 Å². The molecule has 2 heterocycles. The molecule has 0 spiro atoms. The zero-order valence-electron chi connectivity index (χ0n) is 15.1. The smallest absolute Gasteiger partial charge is 0.174 e. The lowest BCUT2D eigenvalue weighted by Crippen LogP contribution is -2.44. The molecule has 0 amide bonds. The highest BCUT2D eigenvalue weighted by atomic mass is 32.1. The highest BCUT2D eigenvalue weighted by Crippen LogP contribution is 2.33. The summed E-state index contributed by atoms with van der Waals surface area (Å²) in [6.07, 6.45) is 2.16. The summed E-state index contributed by atoms with van der Waals surface area (Å²) >= 11 is 5.83. The maximum Gasteiger partial charge on any atom is 0.174 e. The summed E-state index contributed by atoms with van der Waals surface area (Å²) in [5.74, 6) is 0. The summed E-state index contributed by atoms with van der Waals surface area (Å²) in [5.41, 5.74) is 6.10. The van der Waals surface area contributed by atoms with Crippen molar-refractivity contribution in [2.75, 3.05) is 11.9 Å². The van der Waals surface area contributed by atoms with E-state index in [2.05, 4.69) is 95.5 Å². The zero-order chi connectivity index (χ0) is 18.1. The van der Waals surface area contributed by atoms with E-state index in [1.165, 1.54) is 22.4 Å². The zero-order valence-corrected chi connectivity index (χ0v) is 16.0. The van der Waals surface area contributed by atoms with E-state index in [9.17, 15) is 0 Å². The van der Waals surface area contributed by atoms with Crippen LogP contribution in [0.25, 0.3) is 0 Å². The van der Waals surface area contributed by atoms with Crippen LogP contribution in [-0.4, -0.2) is 21.1 Å². The van der Waals surface area contributed by atoms with Gasteiger partial charge in [-0.2, -0.15) is 0 Å². The van der Waals surface area contributed by atoms with Gasteiger partial charge in [-0.05, 0) is 55.4 Å². The van der Waals surface area contributed by atoms with Crippen LogP contribution in [-0.2, 0) is 6.54 Å². The van der Waals surface area contributed by atoms with Crippen molar-refractivity contribution >= 4 is 23.0 Å². The highest BCUT2D eigenvalue weighted by molar-refractivity contribution is 7.80. The van der Waals surface area contributed by atoms with Crippen molar-refractivity contribution in [3.63, 3.8) is 0 Å². The van der Waals surface area contributed by atoms with Gasteiger partial charge >= 0.3 is 0 Å². The fraction of sp³-hybridized carbons (Fsp3) is 0.227. The minimum atomic E-state index is 0.130. The van der Waals surface area contributed by atoms with Gasteiger partial charge in [0.2, 0.25) is 0 Å². The Balaban J connectivity index is 1.67. The van der Waals surface area contributed by atoms with Crippen molar-refractivity contribution in [2.24, 2.45) is 0 Å². The molecule has 2 aromatic carbocycles. The van der Waals surface area contributed by atoms with Crippen LogP contribution in [0.15, 0.2) is 66.9 Å². The minimum absolute atomic E-state index is 0.130. The normalized spacial score (nSPS) is 16.2.